The van der Waals surface area contributed by atoms with E-state index in [1.165, 1.54) is 37.7 Å². The molecule has 2 aromatic rings. The van der Waals surface area contributed by atoms with Crippen molar-refractivity contribution in [3.8, 4) is 11.3 Å². The van der Waals surface area contributed by atoms with Crippen LogP contribution >= 0.6 is 0 Å². The predicted molar refractivity (Wildman–Crippen MR) is 108 cm³/mol. The van der Waals surface area contributed by atoms with Crippen LogP contribution in [0.3, 0.4) is 0 Å². The average Bonchev–Trinajstić information content (AvgIpc) is 2.68. The van der Waals surface area contributed by atoms with E-state index in [0.29, 0.717) is 0 Å². The minimum Gasteiger partial charge on any atom is -0.256 e. The van der Waals surface area contributed by atoms with Gasteiger partial charge in [-0.3, -0.25) is 4.98 Å². The number of nitrogens with zero attached hydrogens (tertiary/aromatic N) is 1. The molecule has 1 aliphatic carbocycles. The normalized spacial score (nSPS) is 20.3. The van der Waals surface area contributed by atoms with Gasteiger partial charge in [0.1, 0.15) is 5.82 Å². The van der Waals surface area contributed by atoms with Crippen molar-refractivity contribution >= 4 is 0 Å². The summed E-state index contributed by atoms with van der Waals surface area (Å²) in [5.74, 6) is 1.63. The van der Waals surface area contributed by atoms with Gasteiger partial charge in [0.15, 0.2) is 0 Å². The summed E-state index contributed by atoms with van der Waals surface area (Å²) >= 11 is 0. The van der Waals surface area contributed by atoms with Crippen molar-refractivity contribution in [3.63, 3.8) is 0 Å². The third-order valence-corrected chi connectivity index (χ3v) is 6.08. The Labute approximate surface area is 158 Å². The Morgan fingerprint density at radius 3 is 2.35 bits per heavy atom. The molecule has 1 heterocycles. The Morgan fingerprint density at radius 1 is 0.962 bits per heavy atom. The van der Waals surface area contributed by atoms with Crippen LogP contribution in [0.25, 0.3) is 11.3 Å². The molecule has 2 heteroatoms. The van der Waals surface area contributed by atoms with E-state index < -0.39 is 0 Å². The number of aryl methyl sites for hydroxylation is 2. The minimum absolute atomic E-state index is 0.0795. The van der Waals surface area contributed by atoms with E-state index in [1.807, 2.05) is 24.4 Å². The van der Waals surface area contributed by atoms with Gasteiger partial charge in [-0.2, -0.15) is 0 Å². The van der Waals surface area contributed by atoms with Crippen LogP contribution in [-0.4, -0.2) is 4.98 Å². The Kier molecular flexibility index (Phi) is 6.82. The summed E-state index contributed by atoms with van der Waals surface area (Å²) in [5.41, 5.74) is 3.83. The van der Waals surface area contributed by atoms with Gasteiger partial charge in [-0.15, -0.1) is 0 Å². The zero-order valence-electron chi connectivity index (χ0n) is 16.3. The maximum absolute atomic E-state index is 14.6. The lowest BCUT2D eigenvalue weighted by molar-refractivity contribution is 0.258. The highest BCUT2D eigenvalue weighted by atomic mass is 19.1. The number of hydrogen-bond donors (Lipinski definition) is 0. The van der Waals surface area contributed by atoms with E-state index in [4.69, 9.17) is 0 Å². The first-order chi connectivity index (χ1) is 12.7. The van der Waals surface area contributed by atoms with Crippen LogP contribution in [0.15, 0.2) is 36.5 Å². The lowest BCUT2D eigenvalue weighted by Gasteiger charge is -2.27. The third kappa shape index (κ3) is 4.93. The topological polar surface area (TPSA) is 12.9 Å². The summed E-state index contributed by atoms with van der Waals surface area (Å²) in [6.45, 7) is 4.46. The molecule has 1 saturated carbocycles. The van der Waals surface area contributed by atoms with Gasteiger partial charge in [0.2, 0.25) is 0 Å². The zero-order valence-corrected chi connectivity index (χ0v) is 16.3. The second kappa shape index (κ2) is 9.30. The summed E-state index contributed by atoms with van der Waals surface area (Å²) in [6.07, 6.45) is 12.7. The van der Waals surface area contributed by atoms with E-state index in [2.05, 4.69) is 24.9 Å². The fourth-order valence-electron chi connectivity index (χ4n) is 4.23. The van der Waals surface area contributed by atoms with Crippen molar-refractivity contribution in [2.75, 3.05) is 0 Å². The fraction of sp³-hybridized carbons (Fsp3) is 0.542. The van der Waals surface area contributed by atoms with Gasteiger partial charge in [-0.05, 0) is 54.4 Å². The molecule has 3 rings (SSSR count). The number of rotatable bonds is 7. The van der Waals surface area contributed by atoms with E-state index >= 15 is 0 Å². The maximum Gasteiger partial charge on any atom is 0.127 e. The molecule has 1 nitrogen and oxygen atoms in total. The maximum atomic E-state index is 14.6. The molecule has 0 unspecified atom stereocenters. The number of pyridine rings is 1. The first kappa shape index (κ1) is 19.1. The van der Waals surface area contributed by atoms with E-state index in [0.717, 1.165) is 54.3 Å². The van der Waals surface area contributed by atoms with Crippen LogP contribution in [0, 0.1) is 17.7 Å². The average molecular weight is 354 g/mol. The Balaban J connectivity index is 1.59. The molecule has 0 saturated heterocycles. The van der Waals surface area contributed by atoms with Crippen molar-refractivity contribution < 1.29 is 4.39 Å². The number of aromatic nitrogens is 1. The number of benzene rings is 1. The SMILES string of the molecule is CCCc1ccc(-c2ccc(CCC3CCC(CC)CC3)c(F)c2)nc1. The molecule has 0 bridgehead atoms. The number of hydrogen-bond acceptors (Lipinski definition) is 1. The van der Waals surface area contributed by atoms with Gasteiger partial charge >= 0.3 is 0 Å². The van der Waals surface area contributed by atoms with Crippen LogP contribution in [-0.2, 0) is 12.8 Å². The highest BCUT2D eigenvalue weighted by molar-refractivity contribution is 5.59. The molecule has 26 heavy (non-hydrogen) atoms. The van der Waals surface area contributed by atoms with Crippen molar-refractivity contribution in [1.29, 1.82) is 0 Å². The summed E-state index contributed by atoms with van der Waals surface area (Å²) < 4.78 is 14.6. The summed E-state index contributed by atoms with van der Waals surface area (Å²) in [4.78, 5) is 4.51. The first-order valence-corrected chi connectivity index (χ1v) is 10.4. The van der Waals surface area contributed by atoms with Gasteiger partial charge in [0, 0.05) is 11.8 Å². The fourth-order valence-corrected chi connectivity index (χ4v) is 4.23. The minimum atomic E-state index is -0.0795. The highest BCUT2D eigenvalue weighted by Gasteiger charge is 2.20. The third-order valence-electron chi connectivity index (χ3n) is 6.08. The molecule has 0 N–H and O–H groups in total. The molecule has 0 aliphatic heterocycles. The monoisotopic (exact) mass is 353 g/mol. The lowest BCUT2D eigenvalue weighted by Crippen LogP contribution is -2.14. The molecule has 1 fully saturated rings. The van der Waals surface area contributed by atoms with Crippen molar-refractivity contribution in [1.82, 2.24) is 4.98 Å². The van der Waals surface area contributed by atoms with Crippen molar-refractivity contribution in [2.45, 2.75) is 71.6 Å². The second-order valence-corrected chi connectivity index (χ2v) is 7.94. The van der Waals surface area contributed by atoms with Gasteiger partial charge in [-0.25, -0.2) is 4.39 Å². The molecule has 140 valence electrons. The standard InChI is InChI=1S/C24H32FN/c1-3-5-20-11-15-24(26-17-20)22-14-13-21(23(25)16-22)12-10-19-8-6-18(4-2)7-9-19/h11,13-19H,3-10,12H2,1-2H3. The molecule has 1 aliphatic rings. The zero-order chi connectivity index (χ0) is 18.4. The molecule has 0 amide bonds. The molecule has 1 aromatic carbocycles. The van der Waals surface area contributed by atoms with Gasteiger partial charge in [0.25, 0.3) is 0 Å². The van der Waals surface area contributed by atoms with E-state index in [-0.39, 0.29) is 5.82 Å². The second-order valence-electron chi connectivity index (χ2n) is 7.94. The molecule has 0 spiro atoms. The van der Waals surface area contributed by atoms with Gasteiger partial charge < -0.3 is 0 Å². The Hall–Kier alpha value is -1.70. The quantitative estimate of drug-likeness (QED) is 0.523. The predicted octanol–water partition coefficient (Wildman–Crippen LogP) is 6.99. The van der Waals surface area contributed by atoms with Gasteiger partial charge in [-0.1, -0.05) is 70.6 Å². The van der Waals surface area contributed by atoms with Crippen LogP contribution in [0.5, 0.6) is 0 Å². The largest absolute Gasteiger partial charge is 0.256 e. The summed E-state index contributed by atoms with van der Waals surface area (Å²) in [6, 6.07) is 9.75. The van der Waals surface area contributed by atoms with Crippen LogP contribution < -0.4 is 0 Å². The lowest BCUT2D eigenvalue weighted by atomic mass is 9.78. The van der Waals surface area contributed by atoms with E-state index in [1.54, 1.807) is 6.07 Å². The van der Waals surface area contributed by atoms with Crippen molar-refractivity contribution in [2.24, 2.45) is 11.8 Å². The molecule has 0 atom stereocenters. The van der Waals surface area contributed by atoms with Crippen LogP contribution in [0.1, 0.15) is 69.9 Å². The molecule has 1 aromatic heterocycles. The van der Waals surface area contributed by atoms with Gasteiger partial charge in [0.05, 0.1) is 5.69 Å². The molecular weight excluding hydrogens is 321 g/mol. The Morgan fingerprint density at radius 2 is 1.73 bits per heavy atom. The summed E-state index contributed by atoms with van der Waals surface area (Å²) in [5, 5.41) is 0. The first-order valence-electron chi connectivity index (χ1n) is 10.4. The van der Waals surface area contributed by atoms with Crippen molar-refractivity contribution in [3.05, 3.63) is 53.5 Å². The van der Waals surface area contributed by atoms with E-state index in [9.17, 15) is 4.39 Å². The molecular formula is C24H32FN. The smallest absolute Gasteiger partial charge is 0.127 e. The van der Waals surface area contributed by atoms with Crippen LogP contribution in [0.4, 0.5) is 4.39 Å². The molecule has 0 radical (unpaired) electrons. The summed E-state index contributed by atoms with van der Waals surface area (Å²) in [7, 11) is 0. The Bertz CT molecular complexity index is 684. The number of halogens is 1. The van der Waals surface area contributed by atoms with Crippen LogP contribution in [0.2, 0.25) is 0 Å². The highest BCUT2D eigenvalue weighted by Crippen LogP contribution is 2.33.